The molecule has 0 atom stereocenters. The minimum absolute atomic E-state index is 1.10. The van der Waals surface area contributed by atoms with Gasteiger partial charge in [-0.1, -0.05) is 182 Å². The second-order valence-electron chi connectivity index (χ2n) is 13.4. The smallest absolute Gasteiger partial charge is 0.0468 e. The Labute approximate surface area is 311 Å². The van der Waals surface area contributed by atoms with Gasteiger partial charge in [-0.05, 0) is 109 Å². The summed E-state index contributed by atoms with van der Waals surface area (Å²) in [5.41, 5.74) is 15.3. The van der Waals surface area contributed by atoms with Crippen LogP contribution in [0.4, 0.5) is 17.1 Å². The molecule has 250 valence electrons. The van der Waals surface area contributed by atoms with Gasteiger partial charge in [-0.3, -0.25) is 0 Å². The molecule has 0 unspecified atom stereocenters. The summed E-state index contributed by atoms with van der Waals surface area (Å²) in [5.74, 6) is 0. The standard InChI is InChI=1S/C52H37N/c1-4-12-38(13-5-1)41-20-23-45(24-21-41)51-35-34-50(37-52(51)44-17-8-3-9-18-44)53(48-30-26-42(27-31-48)39-14-6-2-7-15-39)49-32-28-43(29-33-49)47-25-22-40-16-10-11-19-46(40)36-47/h1-37H. The van der Waals surface area contributed by atoms with E-state index in [0.29, 0.717) is 0 Å². The molecule has 0 amide bonds. The summed E-state index contributed by atoms with van der Waals surface area (Å²) in [6, 6.07) is 80.8. The molecule has 0 aliphatic rings. The molecule has 9 rings (SSSR count). The van der Waals surface area contributed by atoms with E-state index in [4.69, 9.17) is 0 Å². The molecule has 0 radical (unpaired) electrons. The third kappa shape index (κ3) is 6.65. The lowest BCUT2D eigenvalue weighted by Crippen LogP contribution is -2.10. The number of benzene rings is 9. The zero-order valence-corrected chi connectivity index (χ0v) is 29.3. The largest absolute Gasteiger partial charge is 0.310 e. The first-order valence-corrected chi connectivity index (χ1v) is 18.2. The van der Waals surface area contributed by atoms with Gasteiger partial charge in [-0.25, -0.2) is 0 Å². The van der Waals surface area contributed by atoms with Crippen molar-refractivity contribution in [1.82, 2.24) is 0 Å². The van der Waals surface area contributed by atoms with Gasteiger partial charge < -0.3 is 4.90 Å². The number of anilines is 3. The first kappa shape index (κ1) is 32.0. The van der Waals surface area contributed by atoms with E-state index in [1.807, 2.05) is 0 Å². The van der Waals surface area contributed by atoms with Crippen molar-refractivity contribution in [3.8, 4) is 55.6 Å². The number of fused-ring (bicyclic) bond motifs is 1. The van der Waals surface area contributed by atoms with Crippen LogP contribution in [0.15, 0.2) is 224 Å². The average molecular weight is 676 g/mol. The predicted octanol–water partition coefficient (Wildman–Crippen LogP) is 14.6. The van der Waals surface area contributed by atoms with Crippen LogP contribution < -0.4 is 4.90 Å². The van der Waals surface area contributed by atoms with Gasteiger partial charge in [0.2, 0.25) is 0 Å². The van der Waals surface area contributed by atoms with Gasteiger partial charge >= 0.3 is 0 Å². The van der Waals surface area contributed by atoms with Crippen LogP contribution in [-0.4, -0.2) is 0 Å². The molecule has 0 saturated heterocycles. The summed E-state index contributed by atoms with van der Waals surface area (Å²) in [6.07, 6.45) is 0. The summed E-state index contributed by atoms with van der Waals surface area (Å²) in [7, 11) is 0. The Bertz CT molecular complexity index is 2610. The Morgan fingerprint density at radius 2 is 0.585 bits per heavy atom. The number of rotatable bonds is 8. The van der Waals surface area contributed by atoms with Gasteiger partial charge in [-0.15, -0.1) is 0 Å². The lowest BCUT2D eigenvalue weighted by molar-refractivity contribution is 1.28. The molecule has 53 heavy (non-hydrogen) atoms. The first-order valence-electron chi connectivity index (χ1n) is 18.2. The highest BCUT2D eigenvalue weighted by atomic mass is 15.1. The van der Waals surface area contributed by atoms with Crippen molar-refractivity contribution < 1.29 is 0 Å². The first-order chi connectivity index (χ1) is 26.3. The van der Waals surface area contributed by atoms with E-state index < -0.39 is 0 Å². The van der Waals surface area contributed by atoms with Crippen molar-refractivity contribution in [3.63, 3.8) is 0 Å². The van der Waals surface area contributed by atoms with Gasteiger partial charge in [0.05, 0.1) is 0 Å². The molecule has 9 aromatic rings. The van der Waals surface area contributed by atoms with Gasteiger partial charge in [0.1, 0.15) is 0 Å². The fraction of sp³-hybridized carbons (Fsp3) is 0. The molecule has 0 saturated carbocycles. The van der Waals surface area contributed by atoms with Gasteiger partial charge in [-0.2, -0.15) is 0 Å². The molecule has 0 fully saturated rings. The lowest BCUT2D eigenvalue weighted by Gasteiger charge is -2.27. The highest BCUT2D eigenvalue weighted by Gasteiger charge is 2.17. The van der Waals surface area contributed by atoms with Crippen LogP contribution in [0.5, 0.6) is 0 Å². The molecule has 0 heterocycles. The lowest BCUT2D eigenvalue weighted by atomic mass is 9.92. The summed E-state index contributed by atoms with van der Waals surface area (Å²) in [5, 5.41) is 2.50. The molecule has 0 aliphatic heterocycles. The van der Waals surface area contributed by atoms with Crippen molar-refractivity contribution in [3.05, 3.63) is 224 Å². The zero-order valence-electron chi connectivity index (χ0n) is 29.3. The highest BCUT2D eigenvalue weighted by molar-refractivity contribution is 5.91. The molecule has 0 spiro atoms. The van der Waals surface area contributed by atoms with Crippen LogP contribution in [0.2, 0.25) is 0 Å². The van der Waals surface area contributed by atoms with Crippen LogP contribution in [0.1, 0.15) is 0 Å². The Hall–Kier alpha value is -6.96. The number of hydrogen-bond donors (Lipinski definition) is 0. The predicted molar refractivity (Wildman–Crippen MR) is 226 cm³/mol. The summed E-state index contributed by atoms with van der Waals surface area (Å²) in [4.78, 5) is 2.37. The quantitative estimate of drug-likeness (QED) is 0.155. The summed E-state index contributed by atoms with van der Waals surface area (Å²) < 4.78 is 0. The third-order valence-corrected chi connectivity index (χ3v) is 10.1. The van der Waals surface area contributed by atoms with Gasteiger partial charge in [0, 0.05) is 17.1 Å². The van der Waals surface area contributed by atoms with Crippen LogP contribution in [0.25, 0.3) is 66.4 Å². The molecule has 1 nitrogen and oxygen atoms in total. The minimum Gasteiger partial charge on any atom is -0.310 e. The molecule has 0 aromatic heterocycles. The molecular weight excluding hydrogens is 639 g/mol. The topological polar surface area (TPSA) is 3.24 Å². The maximum absolute atomic E-state index is 2.37. The second-order valence-corrected chi connectivity index (χ2v) is 13.4. The maximum Gasteiger partial charge on any atom is 0.0468 e. The highest BCUT2D eigenvalue weighted by Crippen LogP contribution is 2.42. The van der Waals surface area contributed by atoms with Gasteiger partial charge in [0.15, 0.2) is 0 Å². The Morgan fingerprint density at radius 1 is 0.208 bits per heavy atom. The monoisotopic (exact) mass is 675 g/mol. The van der Waals surface area contributed by atoms with Crippen molar-refractivity contribution in [2.45, 2.75) is 0 Å². The second kappa shape index (κ2) is 14.3. The third-order valence-electron chi connectivity index (χ3n) is 10.1. The van der Waals surface area contributed by atoms with E-state index in [1.54, 1.807) is 0 Å². The van der Waals surface area contributed by atoms with Crippen LogP contribution in [0.3, 0.4) is 0 Å². The van der Waals surface area contributed by atoms with E-state index in [2.05, 4.69) is 229 Å². The normalized spacial score (nSPS) is 11.0. The van der Waals surface area contributed by atoms with Crippen molar-refractivity contribution in [1.29, 1.82) is 0 Å². The molecule has 0 aliphatic carbocycles. The van der Waals surface area contributed by atoms with Crippen LogP contribution >= 0.6 is 0 Å². The Kier molecular flexibility index (Phi) is 8.66. The zero-order chi connectivity index (χ0) is 35.4. The van der Waals surface area contributed by atoms with Crippen LogP contribution in [0, 0.1) is 0 Å². The van der Waals surface area contributed by atoms with Crippen molar-refractivity contribution in [2.75, 3.05) is 4.90 Å². The number of nitrogens with zero attached hydrogens (tertiary/aromatic N) is 1. The molecule has 0 N–H and O–H groups in total. The Balaban J connectivity index is 1.15. The van der Waals surface area contributed by atoms with E-state index in [1.165, 1.54) is 66.4 Å². The van der Waals surface area contributed by atoms with Gasteiger partial charge in [0.25, 0.3) is 0 Å². The van der Waals surface area contributed by atoms with E-state index >= 15 is 0 Å². The SMILES string of the molecule is c1ccc(-c2ccc(-c3ccc(N(c4ccc(-c5ccccc5)cc4)c4ccc(-c5ccc6ccccc6c5)cc4)cc3-c3ccccc3)cc2)cc1. The fourth-order valence-corrected chi connectivity index (χ4v) is 7.31. The molecule has 0 bridgehead atoms. The summed E-state index contributed by atoms with van der Waals surface area (Å²) >= 11 is 0. The van der Waals surface area contributed by atoms with E-state index in [-0.39, 0.29) is 0 Å². The Morgan fingerprint density at radius 3 is 1.15 bits per heavy atom. The molecular formula is C52H37N. The minimum atomic E-state index is 1.10. The van der Waals surface area contributed by atoms with Crippen molar-refractivity contribution >= 4 is 27.8 Å². The van der Waals surface area contributed by atoms with Crippen molar-refractivity contribution in [2.24, 2.45) is 0 Å². The van der Waals surface area contributed by atoms with E-state index in [9.17, 15) is 0 Å². The number of hydrogen-bond acceptors (Lipinski definition) is 1. The summed E-state index contributed by atoms with van der Waals surface area (Å²) in [6.45, 7) is 0. The molecule has 9 aromatic carbocycles. The van der Waals surface area contributed by atoms with Crippen LogP contribution in [-0.2, 0) is 0 Å². The average Bonchev–Trinajstić information content (AvgIpc) is 3.25. The maximum atomic E-state index is 2.37. The molecule has 1 heteroatoms. The van der Waals surface area contributed by atoms with E-state index in [0.717, 1.165) is 17.1 Å². The fourth-order valence-electron chi connectivity index (χ4n) is 7.31.